The van der Waals surface area contributed by atoms with Crippen LogP contribution in [-0.4, -0.2) is 69.5 Å². The third-order valence-corrected chi connectivity index (χ3v) is 6.86. The highest BCUT2D eigenvalue weighted by atomic mass is 19.4. The van der Waals surface area contributed by atoms with Crippen molar-refractivity contribution in [2.24, 2.45) is 4.99 Å². The van der Waals surface area contributed by atoms with Crippen LogP contribution in [0.2, 0.25) is 0 Å². The van der Waals surface area contributed by atoms with Gasteiger partial charge >= 0.3 is 24.3 Å². The summed E-state index contributed by atoms with van der Waals surface area (Å²) in [6.07, 6.45) is -4.32. The van der Waals surface area contributed by atoms with Crippen molar-refractivity contribution < 1.29 is 46.5 Å². The largest absolute Gasteiger partial charge is 0.494 e. The number of hydrogen-bond acceptors (Lipinski definition) is 9. The molecular formula is C36H46F3N7O7. The maximum Gasteiger partial charge on any atom is 0.473 e. The second-order valence-corrected chi connectivity index (χ2v) is 13.8. The number of halogens is 3. The molecule has 0 aliphatic rings. The molecule has 288 valence electrons. The van der Waals surface area contributed by atoms with Gasteiger partial charge in [-0.15, -0.1) is 0 Å². The first-order chi connectivity index (χ1) is 24.6. The smallest absolute Gasteiger partial charge is 0.473 e. The molecule has 0 bridgehead atoms. The van der Waals surface area contributed by atoms with E-state index in [0.29, 0.717) is 41.2 Å². The minimum atomic E-state index is -5.15. The quantitative estimate of drug-likeness (QED) is 0.0964. The SMILES string of the molecule is Cc1cn(CCCOc2ccc(C(=N)NC(=O)OC(C)(C)C)cc2)c(=NC(=O)C(F)(F)F)n1CCCOc1ccc(C(=N)NC(=O)OC(C)(C)C)cc1. The Bertz CT molecular complexity index is 1840. The van der Waals surface area contributed by atoms with Gasteiger partial charge in [0.05, 0.1) is 13.2 Å². The van der Waals surface area contributed by atoms with Crippen molar-refractivity contribution in [1.82, 2.24) is 19.8 Å². The van der Waals surface area contributed by atoms with E-state index in [2.05, 4.69) is 15.6 Å². The fraction of sp³-hybridized carbons (Fsp3) is 0.444. The van der Waals surface area contributed by atoms with Crippen molar-refractivity contribution in [1.29, 1.82) is 10.8 Å². The first kappa shape index (κ1) is 41.8. The van der Waals surface area contributed by atoms with Gasteiger partial charge in [0, 0.05) is 36.1 Å². The molecule has 0 aliphatic heterocycles. The van der Waals surface area contributed by atoms with E-state index in [-0.39, 0.29) is 43.6 Å². The van der Waals surface area contributed by atoms with Crippen molar-refractivity contribution in [2.75, 3.05) is 13.2 Å². The Kier molecular flexibility index (Phi) is 14.0. The van der Waals surface area contributed by atoms with Crippen LogP contribution in [0.1, 0.15) is 71.2 Å². The lowest BCUT2D eigenvalue weighted by Crippen LogP contribution is -2.36. The number of nitrogens with one attached hydrogen (secondary N) is 4. The van der Waals surface area contributed by atoms with Crippen LogP contribution in [-0.2, 0) is 27.4 Å². The topological polar surface area (TPSA) is 182 Å². The summed E-state index contributed by atoms with van der Waals surface area (Å²) in [4.78, 5) is 39.2. The third kappa shape index (κ3) is 14.1. The molecule has 2 aromatic carbocycles. The maximum absolute atomic E-state index is 13.2. The first-order valence-electron chi connectivity index (χ1n) is 16.7. The van der Waals surface area contributed by atoms with Gasteiger partial charge in [0.25, 0.3) is 0 Å². The summed E-state index contributed by atoms with van der Waals surface area (Å²) in [6.45, 7) is 12.7. The van der Waals surface area contributed by atoms with Crippen LogP contribution in [0, 0.1) is 17.7 Å². The summed E-state index contributed by atoms with van der Waals surface area (Å²) < 4.78 is 64.5. The standard InChI is InChI=1S/C36H46F3N7O7/c1-23-22-45(18-8-20-50-26-14-10-24(11-15-26)28(40)42-32(48)52-34(2,3)4)31(44-30(47)36(37,38)39)46(23)19-9-21-51-27-16-12-25(13-17-27)29(41)43-33(49)53-35(5,6)7/h10-17,22H,8-9,18-21H2,1-7H3,(H2,40,42,48)(H2,41,43,49). The van der Waals surface area contributed by atoms with Crippen LogP contribution in [0.4, 0.5) is 22.8 Å². The van der Waals surface area contributed by atoms with Crippen molar-refractivity contribution in [3.05, 3.63) is 77.2 Å². The average Bonchev–Trinajstić information content (AvgIpc) is 3.32. The number of aryl methyl sites for hydroxylation is 2. The molecule has 0 saturated heterocycles. The lowest BCUT2D eigenvalue weighted by atomic mass is 10.2. The van der Waals surface area contributed by atoms with Crippen LogP contribution in [0.15, 0.2) is 59.7 Å². The van der Waals surface area contributed by atoms with Gasteiger partial charge < -0.3 is 28.1 Å². The normalized spacial score (nSPS) is 12.2. The van der Waals surface area contributed by atoms with Gasteiger partial charge in [-0.1, -0.05) is 0 Å². The summed E-state index contributed by atoms with van der Waals surface area (Å²) in [5.74, 6) is -1.58. The zero-order chi connectivity index (χ0) is 39.6. The zero-order valence-electron chi connectivity index (χ0n) is 30.8. The van der Waals surface area contributed by atoms with E-state index in [4.69, 9.17) is 29.8 Å². The van der Waals surface area contributed by atoms with E-state index in [0.717, 1.165) is 0 Å². The third-order valence-electron chi connectivity index (χ3n) is 6.86. The number of alkyl halides is 3. The molecule has 17 heteroatoms. The predicted octanol–water partition coefficient (Wildman–Crippen LogP) is 6.23. The highest BCUT2D eigenvalue weighted by Gasteiger charge is 2.39. The Morgan fingerprint density at radius 1 is 0.717 bits per heavy atom. The number of carbonyl (C=O) groups excluding carboxylic acids is 3. The van der Waals surface area contributed by atoms with Gasteiger partial charge in [-0.25, -0.2) is 9.59 Å². The molecule has 1 heterocycles. The van der Waals surface area contributed by atoms with Gasteiger partial charge in [0.15, 0.2) is 0 Å². The summed E-state index contributed by atoms with van der Waals surface area (Å²) >= 11 is 0. The molecule has 0 fully saturated rings. The predicted molar refractivity (Wildman–Crippen MR) is 189 cm³/mol. The number of alkyl carbamates (subject to hydrolysis) is 2. The van der Waals surface area contributed by atoms with Gasteiger partial charge in [0.2, 0.25) is 5.62 Å². The number of hydrogen-bond donors (Lipinski definition) is 4. The van der Waals surface area contributed by atoms with E-state index in [1.165, 1.54) is 9.13 Å². The fourth-order valence-electron chi connectivity index (χ4n) is 4.61. The summed E-state index contributed by atoms with van der Waals surface area (Å²) in [5, 5.41) is 20.9. The molecule has 0 radical (unpaired) electrons. The second-order valence-electron chi connectivity index (χ2n) is 13.8. The molecule has 3 rings (SSSR count). The summed E-state index contributed by atoms with van der Waals surface area (Å²) in [6, 6.07) is 12.8. The number of rotatable bonds is 12. The van der Waals surface area contributed by atoms with Gasteiger partial charge in [-0.05, 0) is 110 Å². The number of carbonyl (C=O) groups is 3. The Hall–Kier alpha value is -5.61. The molecule has 3 amide bonds. The van der Waals surface area contributed by atoms with E-state index in [1.807, 2.05) is 0 Å². The summed E-state index contributed by atoms with van der Waals surface area (Å²) in [5.41, 5.74) is -0.163. The molecule has 53 heavy (non-hydrogen) atoms. The molecule has 0 spiro atoms. The Morgan fingerprint density at radius 3 is 1.53 bits per heavy atom. The molecule has 0 aliphatic carbocycles. The maximum atomic E-state index is 13.2. The number of benzene rings is 2. The minimum absolute atomic E-state index is 0.152. The monoisotopic (exact) mass is 745 g/mol. The Morgan fingerprint density at radius 2 is 1.13 bits per heavy atom. The lowest BCUT2D eigenvalue weighted by molar-refractivity contribution is -0.169. The second kappa shape index (κ2) is 17.7. The molecule has 0 atom stereocenters. The van der Waals surface area contributed by atoms with Crippen LogP contribution in [0.25, 0.3) is 0 Å². The number of amides is 3. The average molecular weight is 746 g/mol. The van der Waals surface area contributed by atoms with Crippen molar-refractivity contribution in [2.45, 2.75) is 91.8 Å². The number of ether oxygens (including phenoxy) is 4. The number of amidine groups is 2. The van der Waals surface area contributed by atoms with E-state index in [1.54, 1.807) is 103 Å². The van der Waals surface area contributed by atoms with Crippen molar-refractivity contribution >= 4 is 29.8 Å². The van der Waals surface area contributed by atoms with Crippen LogP contribution >= 0.6 is 0 Å². The molecule has 0 unspecified atom stereocenters. The number of nitrogens with zero attached hydrogens (tertiary/aromatic N) is 3. The van der Waals surface area contributed by atoms with Crippen molar-refractivity contribution in [3.8, 4) is 11.5 Å². The highest BCUT2D eigenvalue weighted by Crippen LogP contribution is 2.17. The van der Waals surface area contributed by atoms with Gasteiger partial charge in [0.1, 0.15) is 34.4 Å². The van der Waals surface area contributed by atoms with Gasteiger partial charge in [-0.3, -0.25) is 26.2 Å². The van der Waals surface area contributed by atoms with Crippen LogP contribution in [0.3, 0.4) is 0 Å². The van der Waals surface area contributed by atoms with Crippen molar-refractivity contribution in [3.63, 3.8) is 0 Å². The Labute approximate surface area is 305 Å². The molecule has 3 aromatic rings. The summed E-state index contributed by atoms with van der Waals surface area (Å²) in [7, 11) is 0. The van der Waals surface area contributed by atoms with Crippen LogP contribution in [0.5, 0.6) is 11.5 Å². The van der Waals surface area contributed by atoms with E-state index < -0.39 is 35.5 Å². The first-order valence-corrected chi connectivity index (χ1v) is 16.7. The van der Waals surface area contributed by atoms with Gasteiger partial charge in [-0.2, -0.15) is 18.2 Å². The molecular weight excluding hydrogens is 699 g/mol. The molecule has 14 nitrogen and oxygen atoms in total. The molecule has 4 N–H and O–H groups in total. The molecule has 0 saturated carbocycles. The van der Waals surface area contributed by atoms with Crippen LogP contribution < -0.4 is 25.7 Å². The zero-order valence-corrected chi connectivity index (χ0v) is 30.8. The number of imidazole rings is 1. The minimum Gasteiger partial charge on any atom is -0.494 e. The van der Waals surface area contributed by atoms with E-state index >= 15 is 0 Å². The molecule has 1 aromatic heterocycles. The number of aromatic nitrogens is 2. The fourth-order valence-corrected chi connectivity index (χ4v) is 4.61. The lowest BCUT2D eigenvalue weighted by Gasteiger charge is -2.19. The Balaban J connectivity index is 1.58. The highest BCUT2D eigenvalue weighted by molar-refractivity contribution is 6.05. The van der Waals surface area contributed by atoms with E-state index in [9.17, 15) is 27.6 Å².